The second-order valence-corrected chi connectivity index (χ2v) is 8.36. The fourth-order valence-electron chi connectivity index (χ4n) is 4.84. The van der Waals surface area contributed by atoms with Crippen LogP contribution in [0.15, 0.2) is 58.3 Å². The molecule has 0 radical (unpaired) electrons. The lowest BCUT2D eigenvalue weighted by atomic mass is 9.83. The van der Waals surface area contributed by atoms with E-state index in [4.69, 9.17) is 4.42 Å². The van der Waals surface area contributed by atoms with E-state index in [0.29, 0.717) is 25.4 Å². The van der Waals surface area contributed by atoms with Crippen molar-refractivity contribution in [3.8, 4) is 0 Å². The van der Waals surface area contributed by atoms with Crippen LogP contribution in [-0.4, -0.2) is 45.0 Å². The third-order valence-electron chi connectivity index (χ3n) is 6.16. The van der Waals surface area contributed by atoms with Gasteiger partial charge in [0.2, 0.25) is 0 Å². The lowest BCUT2D eigenvalue weighted by Crippen LogP contribution is -2.47. The highest BCUT2D eigenvalue weighted by Crippen LogP contribution is 2.35. The molecule has 1 amide bonds. The van der Waals surface area contributed by atoms with E-state index in [1.54, 1.807) is 30.9 Å². The highest BCUT2D eigenvalue weighted by molar-refractivity contribution is 5.93. The maximum Gasteiger partial charge on any atom is 0.263 e. The summed E-state index contributed by atoms with van der Waals surface area (Å²) in [5.74, 6) is 1.15. The number of piperidine rings is 1. The van der Waals surface area contributed by atoms with Crippen LogP contribution in [0.2, 0.25) is 0 Å². The van der Waals surface area contributed by atoms with Crippen molar-refractivity contribution in [2.45, 2.75) is 31.8 Å². The van der Waals surface area contributed by atoms with Gasteiger partial charge in [0.1, 0.15) is 11.3 Å². The normalized spacial score (nSPS) is 20.3. The predicted octanol–water partition coefficient (Wildman–Crippen LogP) is 1.82. The van der Waals surface area contributed by atoms with E-state index in [-0.39, 0.29) is 22.9 Å². The number of furan rings is 1. The molecule has 5 rings (SSSR count). The Balaban J connectivity index is 1.29. The summed E-state index contributed by atoms with van der Waals surface area (Å²) in [6.07, 6.45) is 8.48. The molecule has 0 aromatic carbocycles. The van der Waals surface area contributed by atoms with Crippen molar-refractivity contribution in [3.05, 3.63) is 82.2 Å². The average molecular weight is 419 g/mol. The van der Waals surface area contributed by atoms with Gasteiger partial charge in [-0.1, -0.05) is 0 Å². The minimum atomic E-state index is -0.327. The molecule has 1 fully saturated rings. The van der Waals surface area contributed by atoms with Crippen molar-refractivity contribution >= 4 is 5.91 Å². The smallest absolute Gasteiger partial charge is 0.263 e. The van der Waals surface area contributed by atoms with Crippen molar-refractivity contribution in [3.63, 3.8) is 0 Å². The van der Waals surface area contributed by atoms with Gasteiger partial charge in [0.25, 0.3) is 11.5 Å². The van der Waals surface area contributed by atoms with Crippen LogP contribution < -0.4 is 10.9 Å². The van der Waals surface area contributed by atoms with E-state index in [1.165, 1.54) is 0 Å². The molecule has 2 aliphatic rings. The van der Waals surface area contributed by atoms with Crippen LogP contribution in [0.1, 0.15) is 39.8 Å². The zero-order valence-corrected chi connectivity index (χ0v) is 17.2. The molecule has 31 heavy (non-hydrogen) atoms. The SMILES string of the molecule is O=C(NCCc1ccco1)c1ccc2n(c1=O)C[C@H]1C[C@@H]2CN(Cc2cnccn2)C1. The van der Waals surface area contributed by atoms with E-state index >= 15 is 0 Å². The summed E-state index contributed by atoms with van der Waals surface area (Å²) in [5, 5.41) is 2.84. The van der Waals surface area contributed by atoms with Gasteiger partial charge in [-0.15, -0.1) is 0 Å². The van der Waals surface area contributed by atoms with E-state index in [9.17, 15) is 9.59 Å². The summed E-state index contributed by atoms with van der Waals surface area (Å²) >= 11 is 0. The van der Waals surface area contributed by atoms with Crippen LogP contribution in [0.3, 0.4) is 0 Å². The van der Waals surface area contributed by atoms with Gasteiger partial charge in [-0.25, -0.2) is 0 Å². The van der Waals surface area contributed by atoms with Crippen LogP contribution in [0.5, 0.6) is 0 Å². The summed E-state index contributed by atoms with van der Waals surface area (Å²) in [5.41, 5.74) is 2.00. The highest BCUT2D eigenvalue weighted by Gasteiger charge is 2.35. The quantitative estimate of drug-likeness (QED) is 0.655. The summed E-state index contributed by atoms with van der Waals surface area (Å²) < 4.78 is 7.10. The van der Waals surface area contributed by atoms with Crippen molar-refractivity contribution in [1.29, 1.82) is 0 Å². The van der Waals surface area contributed by atoms with Crippen molar-refractivity contribution in [1.82, 2.24) is 24.8 Å². The van der Waals surface area contributed by atoms with E-state index < -0.39 is 0 Å². The monoisotopic (exact) mass is 419 g/mol. The Morgan fingerprint density at radius 1 is 1.19 bits per heavy atom. The van der Waals surface area contributed by atoms with Crippen LogP contribution >= 0.6 is 0 Å². The number of hydrogen-bond donors (Lipinski definition) is 1. The molecule has 3 aromatic heterocycles. The Labute approximate surface area is 179 Å². The van der Waals surface area contributed by atoms with Gasteiger partial charge in [-0.2, -0.15) is 0 Å². The standard InChI is InChI=1S/C23H25N5O3/c29-22(26-6-5-19-2-1-9-31-19)20-3-4-21-17-10-16(13-28(21)23(20)30)12-27(14-17)15-18-11-24-7-8-25-18/h1-4,7-9,11,16-17H,5-6,10,12-15H2,(H,26,29)/t16-,17+/m0/s1. The van der Waals surface area contributed by atoms with Crippen LogP contribution in [-0.2, 0) is 19.5 Å². The van der Waals surface area contributed by atoms with Crippen LogP contribution in [0.4, 0.5) is 0 Å². The van der Waals surface area contributed by atoms with Gasteiger partial charge < -0.3 is 14.3 Å². The van der Waals surface area contributed by atoms with Crippen molar-refractivity contribution in [2.75, 3.05) is 19.6 Å². The van der Waals surface area contributed by atoms with E-state index in [2.05, 4.69) is 20.2 Å². The first-order valence-corrected chi connectivity index (χ1v) is 10.7. The lowest BCUT2D eigenvalue weighted by Gasteiger charge is -2.42. The molecule has 2 aliphatic heterocycles. The number of fused-ring (bicyclic) bond motifs is 4. The molecule has 8 nitrogen and oxygen atoms in total. The number of amides is 1. The Morgan fingerprint density at radius 2 is 2.13 bits per heavy atom. The lowest BCUT2D eigenvalue weighted by molar-refractivity contribution is 0.0946. The molecule has 0 unspecified atom stereocenters. The Kier molecular flexibility index (Phi) is 5.38. The van der Waals surface area contributed by atoms with Crippen molar-refractivity contribution in [2.24, 2.45) is 5.92 Å². The minimum Gasteiger partial charge on any atom is -0.469 e. The first-order chi connectivity index (χ1) is 15.2. The number of likely N-dealkylation sites (tertiary alicyclic amines) is 1. The minimum absolute atomic E-state index is 0.190. The largest absolute Gasteiger partial charge is 0.469 e. The molecule has 160 valence electrons. The van der Waals surface area contributed by atoms with E-state index in [0.717, 1.165) is 43.2 Å². The number of nitrogens with zero attached hydrogens (tertiary/aromatic N) is 4. The van der Waals surface area contributed by atoms with Gasteiger partial charge in [0.05, 0.1) is 12.0 Å². The number of hydrogen-bond acceptors (Lipinski definition) is 6. The molecule has 5 heterocycles. The number of carbonyl (C=O) groups is 1. The number of rotatable bonds is 6. The third-order valence-corrected chi connectivity index (χ3v) is 6.16. The van der Waals surface area contributed by atoms with Gasteiger partial charge in [0.15, 0.2) is 0 Å². The number of aromatic nitrogens is 3. The van der Waals surface area contributed by atoms with Crippen molar-refractivity contribution < 1.29 is 9.21 Å². The molecule has 0 spiro atoms. The van der Waals surface area contributed by atoms with Gasteiger partial charge >= 0.3 is 0 Å². The maximum atomic E-state index is 13.1. The molecule has 2 bridgehead atoms. The Hall–Kier alpha value is -3.26. The van der Waals surface area contributed by atoms with Gasteiger partial charge in [-0.3, -0.25) is 24.5 Å². The Morgan fingerprint density at radius 3 is 2.94 bits per heavy atom. The molecule has 3 aromatic rings. The number of carbonyl (C=O) groups excluding carboxylic acids is 1. The fraction of sp³-hybridized carbons (Fsp3) is 0.391. The first kappa shape index (κ1) is 19.7. The maximum absolute atomic E-state index is 13.1. The molecular formula is C23H25N5O3. The zero-order valence-electron chi connectivity index (χ0n) is 17.2. The van der Waals surface area contributed by atoms with Gasteiger partial charge in [0, 0.05) is 69.3 Å². The summed E-state index contributed by atoms with van der Waals surface area (Å²) in [6.45, 7) is 3.63. The molecule has 0 aliphatic carbocycles. The molecule has 1 saturated heterocycles. The first-order valence-electron chi connectivity index (χ1n) is 10.7. The van der Waals surface area contributed by atoms with Crippen LogP contribution in [0, 0.1) is 5.92 Å². The molecule has 2 atom stereocenters. The summed E-state index contributed by atoms with van der Waals surface area (Å²) in [6, 6.07) is 7.32. The fourth-order valence-corrected chi connectivity index (χ4v) is 4.84. The predicted molar refractivity (Wildman–Crippen MR) is 114 cm³/mol. The number of pyridine rings is 1. The number of nitrogens with one attached hydrogen (secondary N) is 1. The molecule has 1 N–H and O–H groups in total. The molecule has 0 saturated carbocycles. The second-order valence-electron chi connectivity index (χ2n) is 8.36. The Bertz CT molecular complexity index is 1110. The molecular weight excluding hydrogens is 394 g/mol. The summed E-state index contributed by atoms with van der Waals surface area (Å²) in [7, 11) is 0. The highest BCUT2D eigenvalue weighted by atomic mass is 16.3. The topological polar surface area (TPSA) is 93.3 Å². The zero-order chi connectivity index (χ0) is 21.2. The molecule has 8 heteroatoms. The third kappa shape index (κ3) is 4.16. The van der Waals surface area contributed by atoms with Crippen LogP contribution in [0.25, 0.3) is 0 Å². The van der Waals surface area contributed by atoms with E-state index in [1.807, 2.05) is 22.8 Å². The second kappa shape index (κ2) is 8.47. The summed E-state index contributed by atoms with van der Waals surface area (Å²) in [4.78, 5) is 36.6. The van der Waals surface area contributed by atoms with Gasteiger partial charge in [-0.05, 0) is 36.6 Å². The average Bonchev–Trinajstić information content (AvgIpc) is 3.29.